The van der Waals surface area contributed by atoms with Gasteiger partial charge in [0.1, 0.15) is 11.4 Å². The van der Waals surface area contributed by atoms with E-state index in [1.807, 2.05) is 0 Å². The predicted octanol–water partition coefficient (Wildman–Crippen LogP) is 4.24. The number of carbonyl (C=O) groups is 3. The van der Waals surface area contributed by atoms with Crippen LogP contribution in [-0.4, -0.2) is 50.6 Å². The number of fused-ring (bicyclic) bond motifs is 2. The molecule has 0 saturated heterocycles. The molecule has 0 fully saturated rings. The van der Waals surface area contributed by atoms with Crippen LogP contribution in [0.3, 0.4) is 0 Å². The van der Waals surface area contributed by atoms with Gasteiger partial charge in [-0.25, -0.2) is 4.90 Å². The Morgan fingerprint density at radius 1 is 0.757 bits per heavy atom. The summed E-state index contributed by atoms with van der Waals surface area (Å²) in [6.45, 7) is 0. The van der Waals surface area contributed by atoms with Gasteiger partial charge in [0.05, 0.1) is 50.8 Å². The molecule has 3 aromatic carbocycles. The van der Waals surface area contributed by atoms with Crippen LogP contribution < -0.4 is 23.8 Å². The van der Waals surface area contributed by atoms with E-state index in [0.717, 1.165) is 4.90 Å². The number of methoxy groups -OCH3 is 4. The summed E-state index contributed by atoms with van der Waals surface area (Å²) in [5.41, 5.74) is 1.75. The molecule has 0 spiro atoms. The average molecular weight is 501 g/mol. The van der Waals surface area contributed by atoms with Crippen molar-refractivity contribution in [3.8, 4) is 23.0 Å². The van der Waals surface area contributed by atoms with Crippen molar-refractivity contribution in [3.63, 3.8) is 0 Å². The van der Waals surface area contributed by atoms with Crippen molar-refractivity contribution in [2.75, 3.05) is 33.3 Å². The number of imide groups is 1. The zero-order chi connectivity index (χ0) is 26.4. The second kappa shape index (κ2) is 9.02. The van der Waals surface area contributed by atoms with Crippen LogP contribution in [0.1, 0.15) is 36.8 Å². The Balaban J connectivity index is 1.79. The van der Waals surface area contributed by atoms with E-state index in [9.17, 15) is 14.4 Å². The first-order valence-corrected chi connectivity index (χ1v) is 11.3. The van der Waals surface area contributed by atoms with Crippen LogP contribution in [0.25, 0.3) is 10.9 Å². The molecule has 0 N–H and O–H groups in total. The molecule has 1 aliphatic rings. The second-order valence-corrected chi connectivity index (χ2v) is 8.37. The van der Waals surface area contributed by atoms with Crippen molar-refractivity contribution in [3.05, 3.63) is 77.0 Å². The molecule has 0 bridgehead atoms. The molecule has 2 heterocycles. The van der Waals surface area contributed by atoms with Crippen molar-refractivity contribution >= 4 is 34.2 Å². The third kappa shape index (κ3) is 3.50. The minimum Gasteiger partial charge on any atom is -0.497 e. The van der Waals surface area contributed by atoms with Crippen molar-refractivity contribution in [2.45, 2.75) is 0 Å². The van der Waals surface area contributed by atoms with Gasteiger partial charge in [0.15, 0.2) is 11.5 Å². The fourth-order valence-corrected chi connectivity index (χ4v) is 4.76. The molecule has 2 amide bonds. The molecular weight excluding hydrogens is 476 g/mol. The van der Waals surface area contributed by atoms with Gasteiger partial charge in [-0.15, -0.1) is 0 Å². The molecule has 188 valence electrons. The Bertz CT molecular complexity index is 1540. The van der Waals surface area contributed by atoms with Gasteiger partial charge in [0.2, 0.25) is 11.5 Å². The zero-order valence-corrected chi connectivity index (χ0v) is 20.9. The van der Waals surface area contributed by atoms with Crippen LogP contribution in [0.15, 0.2) is 54.6 Å². The maximum atomic E-state index is 14.1. The van der Waals surface area contributed by atoms with E-state index in [0.29, 0.717) is 33.9 Å². The molecule has 0 saturated carbocycles. The number of hydrogen-bond acceptors (Lipinski definition) is 7. The van der Waals surface area contributed by atoms with Crippen molar-refractivity contribution in [1.29, 1.82) is 0 Å². The van der Waals surface area contributed by atoms with E-state index in [4.69, 9.17) is 18.9 Å². The van der Waals surface area contributed by atoms with Gasteiger partial charge in [-0.2, -0.15) is 0 Å². The number of nitrogens with zero attached hydrogens (tertiary/aromatic N) is 2. The largest absolute Gasteiger partial charge is 0.497 e. The van der Waals surface area contributed by atoms with Crippen molar-refractivity contribution in [2.24, 2.45) is 7.05 Å². The molecular formula is C28H24N2O7. The lowest BCUT2D eigenvalue weighted by molar-refractivity contribution is 0.0926. The average Bonchev–Trinajstić information content (AvgIpc) is 3.35. The van der Waals surface area contributed by atoms with E-state index in [1.54, 1.807) is 54.1 Å². The number of ether oxygens (including phenoxy) is 4. The first-order valence-electron chi connectivity index (χ1n) is 11.3. The standard InChI is InChI=1S/C28H24N2O7/c1-29-20-11-10-16(34-2)14-19(20)23(30-27(32)17-8-6-7-9-18(17)28(30)33)24(29)25(31)15-12-21(35-3)26(37-5)22(13-15)36-4/h6-14H,1-5H3. The molecule has 9 nitrogen and oxygen atoms in total. The number of anilines is 1. The monoisotopic (exact) mass is 500 g/mol. The topological polar surface area (TPSA) is 96.3 Å². The van der Waals surface area contributed by atoms with Gasteiger partial charge >= 0.3 is 0 Å². The van der Waals surface area contributed by atoms with Crippen LogP contribution in [0, 0.1) is 0 Å². The van der Waals surface area contributed by atoms with E-state index in [2.05, 4.69) is 0 Å². The number of amides is 2. The normalized spacial score (nSPS) is 12.6. The van der Waals surface area contributed by atoms with Crippen LogP contribution in [-0.2, 0) is 7.05 Å². The quantitative estimate of drug-likeness (QED) is 0.277. The van der Waals surface area contributed by atoms with Crippen LogP contribution in [0.5, 0.6) is 23.0 Å². The maximum absolute atomic E-state index is 14.1. The number of benzene rings is 3. The number of carbonyl (C=O) groups excluding carboxylic acids is 3. The number of rotatable bonds is 7. The third-order valence-electron chi connectivity index (χ3n) is 6.54. The molecule has 4 aromatic rings. The minimum absolute atomic E-state index is 0.145. The van der Waals surface area contributed by atoms with Crippen molar-refractivity contribution in [1.82, 2.24) is 4.57 Å². The van der Waals surface area contributed by atoms with E-state index in [1.165, 1.54) is 40.6 Å². The highest BCUT2D eigenvalue weighted by Crippen LogP contribution is 2.43. The second-order valence-electron chi connectivity index (χ2n) is 8.37. The van der Waals surface area contributed by atoms with Gasteiger partial charge in [-0.3, -0.25) is 14.4 Å². The van der Waals surface area contributed by atoms with E-state index in [-0.39, 0.29) is 28.1 Å². The number of aromatic nitrogens is 1. The van der Waals surface area contributed by atoms with Gasteiger partial charge in [0.25, 0.3) is 11.8 Å². The van der Waals surface area contributed by atoms with Gasteiger partial charge < -0.3 is 23.5 Å². The molecule has 0 unspecified atom stereocenters. The molecule has 9 heteroatoms. The highest BCUT2D eigenvalue weighted by atomic mass is 16.5. The summed E-state index contributed by atoms with van der Waals surface area (Å²) in [5, 5.41) is 0.521. The molecule has 0 radical (unpaired) electrons. The summed E-state index contributed by atoms with van der Waals surface area (Å²) in [6, 6.07) is 14.9. The summed E-state index contributed by atoms with van der Waals surface area (Å²) < 4.78 is 23.3. The summed E-state index contributed by atoms with van der Waals surface area (Å²) in [5.74, 6) is 0.000622. The Hall–Kier alpha value is -4.79. The summed E-state index contributed by atoms with van der Waals surface area (Å²) in [6.07, 6.45) is 0. The molecule has 1 aliphatic heterocycles. The molecule has 0 aliphatic carbocycles. The molecule has 0 atom stereocenters. The highest BCUT2D eigenvalue weighted by Gasteiger charge is 2.41. The summed E-state index contributed by atoms with van der Waals surface area (Å²) >= 11 is 0. The SMILES string of the molecule is COc1ccc2c(c1)c(N1C(=O)c3ccccc3C1=O)c(C(=O)c1cc(OC)c(OC)c(OC)c1)n2C. The van der Waals surface area contributed by atoms with Gasteiger partial charge in [0, 0.05) is 18.0 Å². The Morgan fingerprint density at radius 3 is 1.86 bits per heavy atom. The lowest BCUT2D eigenvalue weighted by Gasteiger charge is -2.17. The van der Waals surface area contributed by atoms with E-state index >= 15 is 0 Å². The van der Waals surface area contributed by atoms with E-state index < -0.39 is 17.6 Å². The Morgan fingerprint density at radius 2 is 1.35 bits per heavy atom. The van der Waals surface area contributed by atoms with Gasteiger partial charge in [-0.05, 0) is 42.5 Å². The van der Waals surface area contributed by atoms with Crippen molar-refractivity contribution < 1.29 is 33.3 Å². The van der Waals surface area contributed by atoms with Crippen LogP contribution in [0.2, 0.25) is 0 Å². The smallest absolute Gasteiger partial charge is 0.266 e. The molecule has 37 heavy (non-hydrogen) atoms. The Labute approximate surface area is 212 Å². The first-order chi connectivity index (χ1) is 17.9. The number of ketones is 1. The predicted molar refractivity (Wildman–Crippen MR) is 137 cm³/mol. The number of hydrogen-bond donors (Lipinski definition) is 0. The van der Waals surface area contributed by atoms with Crippen LogP contribution >= 0.6 is 0 Å². The Kier molecular flexibility index (Phi) is 5.83. The summed E-state index contributed by atoms with van der Waals surface area (Å²) in [4.78, 5) is 42.2. The summed E-state index contributed by atoms with van der Waals surface area (Å²) in [7, 11) is 7.62. The van der Waals surface area contributed by atoms with Gasteiger partial charge in [-0.1, -0.05) is 12.1 Å². The minimum atomic E-state index is -0.505. The maximum Gasteiger partial charge on any atom is 0.266 e. The third-order valence-corrected chi connectivity index (χ3v) is 6.54. The lowest BCUT2D eigenvalue weighted by atomic mass is 10.0. The fourth-order valence-electron chi connectivity index (χ4n) is 4.76. The molecule has 5 rings (SSSR count). The van der Waals surface area contributed by atoms with Crippen LogP contribution in [0.4, 0.5) is 5.69 Å². The first kappa shape index (κ1) is 23.9. The lowest BCUT2D eigenvalue weighted by Crippen LogP contribution is -2.31. The highest BCUT2D eigenvalue weighted by molar-refractivity contribution is 6.38. The number of aryl methyl sites for hydroxylation is 1. The fraction of sp³-hybridized carbons (Fsp3) is 0.179. The zero-order valence-electron chi connectivity index (χ0n) is 20.9. The molecule has 1 aromatic heterocycles.